The molecule has 0 spiro atoms. The van der Waals surface area contributed by atoms with E-state index in [0.29, 0.717) is 24.9 Å². The van der Waals surface area contributed by atoms with Crippen LogP contribution in [0.5, 0.6) is 0 Å². The molecule has 3 rings (SSSR count). The molecule has 0 radical (unpaired) electrons. The molecule has 1 aliphatic carbocycles. The summed E-state index contributed by atoms with van der Waals surface area (Å²) < 4.78 is 0. The van der Waals surface area contributed by atoms with Gasteiger partial charge in [0.25, 0.3) is 0 Å². The minimum Gasteiger partial charge on any atom is -0.481 e. The number of carbonyl (C=O) groups excluding carboxylic acids is 1. The molecule has 1 aliphatic rings. The van der Waals surface area contributed by atoms with E-state index in [9.17, 15) is 14.7 Å². The fraction of sp³-hybridized carbons (Fsp3) is 0.250. The summed E-state index contributed by atoms with van der Waals surface area (Å²) in [6.45, 7) is 0. The lowest BCUT2D eigenvalue weighted by molar-refractivity contribution is -0.140. The Morgan fingerprint density at radius 2 is 1.90 bits per heavy atom. The van der Waals surface area contributed by atoms with Crippen LogP contribution in [0.1, 0.15) is 24.0 Å². The Kier molecular flexibility index (Phi) is 3.51. The molecule has 1 aromatic carbocycles. The van der Waals surface area contributed by atoms with E-state index in [4.69, 9.17) is 0 Å². The Morgan fingerprint density at radius 1 is 1.19 bits per heavy atom. The Balaban J connectivity index is 1.65. The lowest BCUT2D eigenvalue weighted by Crippen LogP contribution is -2.19. The van der Waals surface area contributed by atoms with Gasteiger partial charge in [0, 0.05) is 5.69 Å². The van der Waals surface area contributed by atoms with Crippen molar-refractivity contribution in [2.24, 2.45) is 0 Å². The molecular formula is C16H15NO3S. The zero-order valence-electron chi connectivity index (χ0n) is 11.3. The van der Waals surface area contributed by atoms with Gasteiger partial charge in [0.05, 0.1) is 11.8 Å². The van der Waals surface area contributed by atoms with Gasteiger partial charge in [-0.05, 0) is 52.9 Å². The molecule has 4 nitrogen and oxygen atoms in total. The highest BCUT2D eigenvalue weighted by Crippen LogP contribution is 2.48. The van der Waals surface area contributed by atoms with Gasteiger partial charge in [0.2, 0.25) is 5.91 Å². The lowest BCUT2D eigenvalue weighted by Gasteiger charge is -2.11. The number of hydrogen-bond acceptors (Lipinski definition) is 3. The predicted molar refractivity (Wildman–Crippen MR) is 81.6 cm³/mol. The molecule has 0 aliphatic heterocycles. The second kappa shape index (κ2) is 5.33. The van der Waals surface area contributed by atoms with E-state index in [2.05, 4.69) is 5.32 Å². The summed E-state index contributed by atoms with van der Waals surface area (Å²) >= 11 is 1.57. The highest BCUT2D eigenvalue weighted by atomic mass is 32.1. The van der Waals surface area contributed by atoms with Crippen molar-refractivity contribution in [3.05, 3.63) is 52.2 Å². The zero-order chi connectivity index (χ0) is 14.9. The minimum absolute atomic E-state index is 0.0690. The number of amides is 1. The van der Waals surface area contributed by atoms with Crippen molar-refractivity contribution in [2.75, 3.05) is 5.32 Å². The first-order valence-electron chi connectivity index (χ1n) is 6.75. The van der Waals surface area contributed by atoms with E-state index in [1.165, 1.54) is 0 Å². The summed E-state index contributed by atoms with van der Waals surface area (Å²) in [5.74, 6) is -0.836. The number of carboxylic acids is 1. The highest BCUT2D eigenvalue weighted by Gasteiger charge is 2.51. The van der Waals surface area contributed by atoms with Crippen LogP contribution in [0.4, 0.5) is 5.69 Å². The van der Waals surface area contributed by atoms with Crippen molar-refractivity contribution in [3.63, 3.8) is 0 Å². The maximum Gasteiger partial charge on any atom is 0.314 e. The maximum atomic E-state index is 11.9. The first kappa shape index (κ1) is 13.8. The third-order valence-corrected chi connectivity index (χ3v) is 4.56. The quantitative estimate of drug-likeness (QED) is 0.892. The van der Waals surface area contributed by atoms with Crippen LogP contribution in [0, 0.1) is 0 Å². The fourth-order valence-electron chi connectivity index (χ4n) is 2.41. The molecule has 108 valence electrons. The van der Waals surface area contributed by atoms with E-state index in [1.807, 2.05) is 16.8 Å². The SMILES string of the molecule is O=C(Cc1ccsc1)Nc1ccc(C2(C(=O)O)CC2)cc1. The summed E-state index contributed by atoms with van der Waals surface area (Å²) in [5, 5.41) is 16.0. The highest BCUT2D eigenvalue weighted by molar-refractivity contribution is 7.08. The number of carbonyl (C=O) groups is 2. The topological polar surface area (TPSA) is 66.4 Å². The number of thiophene rings is 1. The number of benzene rings is 1. The van der Waals surface area contributed by atoms with Gasteiger partial charge >= 0.3 is 5.97 Å². The molecule has 1 fully saturated rings. The Hall–Kier alpha value is -2.14. The normalized spacial score (nSPS) is 15.4. The Labute approximate surface area is 126 Å². The Morgan fingerprint density at radius 3 is 2.43 bits per heavy atom. The molecule has 1 heterocycles. The van der Waals surface area contributed by atoms with Crippen LogP contribution < -0.4 is 5.32 Å². The molecule has 5 heteroatoms. The third-order valence-electron chi connectivity index (χ3n) is 3.83. The van der Waals surface area contributed by atoms with E-state index in [0.717, 1.165) is 11.1 Å². The van der Waals surface area contributed by atoms with Gasteiger partial charge in [-0.25, -0.2) is 0 Å². The van der Waals surface area contributed by atoms with Gasteiger partial charge < -0.3 is 10.4 Å². The van der Waals surface area contributed by atoms with Gasteiger partial charge in [-0.1, -0.05) is 12.1 Å². The lowest BCUT2D eigenvalue weighted by atomic mass is 9.96. The molecule has 1 aromatic heterocycles. The molecule has 1 saturated carbocycles. The average molecular weight is 301 g/mol. The molecule has 2 aromatic rings. The molecule has 2 N–H and O–H groups in total. The van der Waals surface area contributed by atoms with Crippen molar-refractivity contribution in [1.82, 2.24) is 0 Å². The van der Waals surface area contributed by atoms with Crippen molar-refractivity contribution < 1.29 is 14.7 Å². The van der Waals surface area contributed by atoms with Crippen LogP contribution in [-0.2, 0) is 21.4 Å². The zero-order valence-corrected chi connectivity index (χ0v) is 12.2. The van der Waals surface area contributed by atoms with Gasteiger partial charge in [-0.15, -0.1) is 0 Å². The van der Waals surface area contributed by atoms with Gasteiger partial charge in [0.15, 0.2) is 0 Å². The van der Waals surface area contributed by atoms with E-state index < -0.39 is 11.4 Å². The largest absolute Gasteiger partial charge is 0.481 e. The van der Waals surface area contributed by atoms with Crippen LogP contribution >= 0.6 is 11.3 Å². The number of hydrogen-bond donors (Lipinski definition) is 2. The van der Waals surface area contributed by atoms with Crippen LogP contribution in [0.3, 0.4) is 0 Å². The minimum atomic E-state index is -0.767. The second-order valence-corrected chi connectivity index (χ2v) is 6.10. The fourth-order valence-corrected chi connectivity index (χ4v) is 3.08. The van der Waals surface area contributed by atoms with Gasteiger partial charge in [-0.2, -0.15) is 11.3 Å². The van der Waals surface area contributed by atoms with Crippen LogP contribution in [0.25, 0.3) is 0 Å². The van der Waals surface area contributed by atoms with E-state index in [1.54, 1.807) is 35.6 Å². The van der Waals surface area contributed by atoms with Crippen molar-refractivity contribution in [2.45, 2.75) is 24.7 Å². The monoisotopic (exact) mass is 301 g/mol. The first-order valence-corrected chi connectivity index (χ1v) is 7.69. The van der Waals surface area contributed by atoms with Crippen LogP contribution in [-0.4, -0.2) is 17.0 Å². The van der Waals surface area contributed by atoms with Crippen LogP contribution in [0.2, 0.25) is 0 Å². The first-order chi connectivity index (χ1) is 10.1. The summed E-state index contributed by atoms with van der Waals surface area (Å²) in [6, 6.07) is 9.05. The van der Waals surface area contributed by atoms with Crippen LogP contribution in [0.15, 0.2) is 41.1 Å². The summed E-state index contributed by atoms with van der Waals surface area (Å²) in [5.41, 5.74) is 1.81. The molecule has 21 heavy (non-hydrogen) atoms. The second-order valence-electron chi connectivity index (χ2n) is 5.32. The van der Waals surface area contributed by atoms with Gasteiger partial charge in [-0.3, -0.25) is 9.59 Å². The third kappa shape index (κ3) is 2.83. The molecule has 0 bridgehead atoms. The van der Waals surface area contributed by atoms with E-state index in [-0.39, 0.29) is 5.91 Å². The van der Waals surface area contributed by atoms with E-state index >= 15 is 0 Å². The number of anilines is 1. The summed E-state index contributed by atoms with van der Waals surface area (Å²) in [7, 11) is 0. The molecule has 0 saturated heterocycles. The molecule has 0 unspecified atom stereocenters. The van der Waals surface area contributed by atoms with Crippen molar-refractivity contribution >= 4 is 28.9 Å². The number of nitrogens with one attached hydrogen (secondary N) is 1. The Bertz CT molecular complexity index is 657. The standard InChI is InChI=1S/C16H15NO3S/c18-14(9-11-5-8-21-10-11)17-13-3-1-12(2-4-13)16(6-7-16)15(19)20/h1-5,8,10H,6-7,9H2,(H,17,18)(H,19,20). The number of carboxylic acid groups (broad SMARTS) is 1. The number of aliphatic carboxylic acids is 1. The van der Waals surface area contributed by atoms with Crippen molar-refractivity contribution in [3.8, 4) is 0 Å². The smallest absolute Gasteiger partial charge is 0.314 e. The van der Waals surface area contributed by atoms with Crippen molar-refractivity contribution in [1.29, 1.82) is 0 Å². The maximum absolute atomic E-state index is 11.9. The molecular weight excluding hydrogens is 286 g/mol. The predicted octanol–water partition coefficient (Wildman–Crippen LogP) is 3.05. The molecule has 0 atom stereocenters. The number of rotatable bonds is 5. The average Bonchev–Trinajstić information content (AvgIpc) is 3.12. The summed E-state index contributed by atoms with van der Waals surface area (Å²) in [6.07, 6.45) is 1.72. The molecule has 1 amide bonds. The van der Waals surface area contributed by atoms with Gasteiger partial charge in [0.1, 0.15) is 0 Å². The summed E-state index contributed by atoms with van der Waals surface area (Å²) in [4.78, 5) is 23.1.